The normalized spacial score (nSPS) is 9.00. The highest BCUT2D eigenvalue weighted by molar-refractivity contribution is 6.48. The number of rotatable bonds is 3. The van der Waals surface area contributed by atoms with Gasteiger partial charge >= 0.3 is 0 Å². The molecule has 0 heterocycles. The van der Waals surface area contributed by atoms with E-state index in [0.717, 1.165) is 0 Å². The van der Waals surface area contributed by atoms with Gasteiger partial charge in [-0.3, -0.25) is 5.48 Å². The second-order valence-corrected chi connectivity index (χ2v) is 3.82. The summed E-state index contributed by atoms with van der Waals surface area (Å²) in [7, 11) is -0.871. The van der Waals surface area contributed by atoms with Crippen LogP contribution in [0.5, 0.6) is 0 Å². The van der Waals surface area contributed by atoms with Crippen molar-refractivity contribution in [3.63, 3.8) is 0 Å². The molecule has 0 saturated heterocycles. The Morgan fingerprint density at radius 3 is 2.43 bits per heavy atom. The van der Waals surface area contributed by atoms with Gasteiger partial charge in [0.2, 0.25) is 9.04 Å². The third-order valence-corrected chi connectivity index (χ3v) is 0.995. The van der Waals surface area contributed by atoms with Gasteiger partial charge in [-0.1, -0.05) is 6.58 Å². The quantitative estimate of drug-likeness (QED) is 0.432. The van der Waals surface area contributed by atoms with Crippen molar-refractivity contribution in [3.05, 3.63) is 12.8 Å². The molecule has 0 aliphatic rings. The Labute approximate surface area is 45.9 Å². The van der Waals surface area contributed by atoms with Crippen LogP contribution in [0.25, 0.3) is 0 Å². The van der Waals surface area contributed by atoms with Gasteiger partial charge in [-0.25, -0.2) is 0 Å². The van der Waals surface area contributed by atoms with Gasteiger partial charge in [-0.15, -0.1) is 0 Å². The predicted molar refractivity (Wildman–Crippen MR) is 33.3 cm³/mol. The monoisotopic (exact) mass is 117 g/mol. The molecule has 0 radical (unpaired) electrons. The van der Waals surface area contributed by atoms with Crippen LogP contribution in [0.1, 0.15) is 0 Å². The van der Waals surface area contributed by atoms with Crippen LogP contribution in [0.3, 0.4) is 0 Å². The molecule has 0 fully saturated rings. The predicted octanol–water partition coefficient (Wildman–Crippen LogP) is 0.634. The fraction of sp³-hybridized carbons (Fsp3) is 0.500. The standard InChI is InChI=1S/C4H11NOSi/c1-4-5-6-7(2)3/h4-5,7H,1H2,2-3H3. The minimum Gasteiger partial charge on any atom is -0.327 e. The summed E-state index contributed by atoms with van der Waals surface area (Å²) >= 11 is 0. The molecule has 0 aliphatic heterocycles. The Balaban J connectivity index is 2.81. The third kappa shape index (κ3) is 5.72. The Bertz CT molecular complexity index is 55.7. The minimum atomic E-state index is -0.871. The first kappa shape index (κ1) is 6.72. The van der Waals surface area contributed by atoms with Crippen LogP contribution in [0.15, 0.2) is 12.8 Å². The molecule has 3 heteroatoms. The molecule has 0 rings (SSSR count). The van der Waals surface area contributed by atoms with E-state index in [1.807, 2.05) is 0 Å². The van der Waals surface area contributed by atoms with E-state index in [2.05, 4.69) is 25.2 Å². The Kier molecular flexibility index (Phi) is 3.73. The summed E-state index contributed by atoms with van der Waals surface area (Å²) in [6, 6.07) is 0. The lowest BCUT2D eigenvalue weighted by Gasteiger charge is -2.01. The second kappa shape index (κ2) is 3.89. The Morgan fingerprint density at radius 1 is 1.71 bits per heavy atom. The molecule has 7 heavy (non-hydrogen) atoms. The summed E-state index contributed by atoms with van der Waals surface area (Å²) in [5.41, 5.74) is 2.57. The van der Waals surface area contributed by atoms with Gasteiger partial charge in [-0.2, -0.15) is 0 Å². The first-order chi connectivity index (χ1) is 3.27. The summed E-state index contributed by atoms with van der Waals surface area (Å²) in [4.78, 5) is 0. The molecular weight excluding hydrogens is 106 g/mol. The van der Waals surface area contributed by atoms with Gasteiger partial charge in [0.05, 0.1) is 0 Å². The number of hydrogen-bond acceptors (Lipinski definition) is 2. The summed E-state index contributed by atoms with van der Waals surface area (Å²) < 4.78 is 4.96. The molecule has 0 unspecified atom stereocenters. The van der Waals surface area contributed by atoms with Crippen LogP contribution in [-0.4, -0.2) is 9.04 Å². The molecule has 0 aromatic rings. The van der Waals surface area contributed by atoms with Crippen molar-refractivity contribution >= 4 is 9.04 Å². The van der Waals surface area contributed by atoms with Crippen molar-refractivity contribution in [3.8, 4) is 0 Å². The van der Waals surface area contributed by atoms with Crippen LogP contribution in [-0.2, 0) is 4.53 Å². The highest BCUT2D eigenvalue weighted by atomic mass is 28.3. The minimum absolute atomic E-state index is 0.871. The summed E-state index contributed by atoms with van der Waals surface area (Å²) in [6.07, 6.45) is 1.53. The topological polar surface area (TPSA) is 21.3 Å². The molecule has 0 bridgehead atoms. The van der Waals surface area contributed by atoms with Gasteiger partial charge in [0, 0.05) is 6.20 Å². The first-order valence-corrected chi connectivity index (χ1v) is 5.07. The smallest absolute Gasteiger partial charge is 0.208 e. The maximum atomic E-state index is 4.96. The van der Waals surface area contributed by atoms with Gasteiger partial charge in [0.15, 0.2) is 0 Å². The molecule has 1 N–H and O–H groups in total. The van der Waals surface area contributed by atoms with Crippen molar-refractivity contribution < 1.29 is 4.53 Å². The third-order valence-electron chi connectivity index (χ3n) is 0.387. The zero-order valence-electron chi connectivity index (χ0n) is 4.77. The molecule has 0 atom stereocenters. The molecule has 0 saturated carbocycles. The van der Waals surface area contributed by atoms with Crippen molar-refractivity contribution in [1.29, 1.82) is 0 Å². The second-order valence-electron chi connectivity index (χ2n) is 1.49. The zero-order valence-corrected chi connectivity index (χ0v) is 5.92. The number of hydrogen-bond donors (Lipinski definition) is 1. The highest BCUT2D eigenvalue weighted by Crippen LogP contribution is 1.75. The van der Waals surface area contributed by atoms with Crippen LogP contribution in [0, 0.1) is 0 Å². The van der Waals surface area contributed by atoms with Gasteiger partial charge in [0.25, 0.3) is 0 Å². The lowest BCUT2D eigenvalue weighted by Crippen LogP contribution is -2.16. The van der Waals surface area contributed by atoms with Crippen molar-refractivity contribution in [2.45, 2.75) is 13.1 Å². The number of nitrogens with one attached hydrogen (secondary N) is 1. The molecular formula is C4H11NOSi. The van der Waals surface area contributed by atoms with Crippen molar-refractivity contribution in [1.82, 2.24) is 5.48 Å². The average molecular weight is 117 g/mol. The lowest BCUT2D eigenvalue weighted by molar-refractivity contribution is 0.249. The van der Waals surface area contributed by atoms with E-state index in [9.17, 15) is 0 Å². The van der Waals surface area contributed by atoms with Crippen LogP contribution >= 0.6 is 0 Å². The Morgan fingerprint density at radius 2 is 2.29 bits per heavy atom. The van der Waals surface area contributed by atoms with E-state index in [1.54, 1.807) is 0 Å². The fourth-order valence-electron chi connectivity index (χ4n) is 0.184. The van der Waals surface area contributed by atoms with E-state index in [-0.39, 0.29) is 0 Å². The van der Waals surface area contributed by atoms with E-state index < -0.39 is 9.04 Å². The molecule has 0 aromatic heterocycles. The highest BCUT2D eigenvalue weighted by Gasteiger charge is 1.89. The molecule has 0 amide bonds. The average Bonchev–Trinajstić information content (AvgIpc) is 1.61. The maximum Gasteiger partial charge on any atom is 0.208 e. The SMILES string of the molecule is C=CNO[SiH](C)C. The Hall–Kier alpha value is -0.283. The van der Waals surface area contributed by atoms with Gasteiger partial charge < -0.3 is 4.53 Å². The van der Waals surface area contributed by atoms with E-state index in [0.29, 0.717) is 0 Å². The van der Waals surface area contributed by atoms with Gasteiger partial charge in [-0.05, 0) is 13.1 Å². The molecule has 2 nitrogen and oxygen atoms in total. The summed E-state index contributed by atoms with van der Waals surface area (Å²) in [6.45, 7) is 7.58. The molecule has 0 spiro atoms. The van der Waals surface area contributed by atoms with Crippen molar-refractivity contribution in [2.75, 3.05) is 0 Å². The maximum absolute atomic E-state index is 4.96. The van der Waals surface area contributed by atoms with Crippen LogP contribution < -0.4 is 5.48 Å². The zero-order chi connectivity index (χ0) is 5.70. The first-order valence-electron chi connectivity index (χ1n) is 2.29. The number of hydroxylamine groups is 1. The molecule has 42 valence electrons. The van der Waals surface area contributed by atoms with E-state index >= 15 is 0 Å². The van der Waals surface area contributed by atoms with E-state index in [4.69, 9.17) is 4.53 Å². The molecule has 0 aromatic carbocycles. The van der Waals surface area contributed by atoms with Crippen LogP contribution in [0.4, 0.5) is 0 Å². The summed E-state index contributed by atoms with van der Waals surface area (Å²) in [5.74, 6) is 0. The molecule has 0 aliphatic carbocycles. The fourth-order valence-corrected chi connectivity index (χ4v) is 0.553. The van der Waals surface area contributed by atoms with Crippen molar-refractivity contribution in [2.24, 2.45) is 0 Å². The largest absolute Gasteiger partial charge is 0.327 e. The van der Waals surface area contributed by atoms with Crippen LogP contribution in [0.2, 0.25) is 13.1 Å². The summed E-state index contributed by atoms with van der Waals surface area (Å²) in [5, 5.41) is 0. The lowest BCUT2D eigenvalue weighted by atomic mass is 11.1. The van der Waals surface area contributed by atoms with Gasteiger partial charge in [0.1, 0.15) is 0 Å². The van der Waals surface area contributed by atoms with E-state index in [1.165, 1.54) is 6.20 Å².